The SMILES string of the molecule is CC(C)(CN)N=NC(C)(C)C(=N)N. The highest BCUT2D eigenvalue weighted by Crippen LogP contribution is 2.14. The molecule has 0 aromatic rings. The Labute approximate surface area is 79.1 Å². The summed E-state index contributed by atoms with van der Waals surface area (Å²) in [6.45, 7) is 7.67. The number of rotatable bonds is 4. The molecule has 0 aliphatic rings. The molecule has 0 fully saturated rings. The Morgan fingerprint density at radius 3 is 2.00 bits per heavy atom. The van der Waals surface area contributed by atoms with Crippen molar-refractivity contribution in [1.82, 2.24) is 0 Å². The zero-order valence-corrected chi connectivity index (χ0v) is 8.76. The van der Waals surface area contributed by atoms with Crippen molar-refractivity contribution in [2.45, 2.75) is 38.8 Å². The molecule has 0 aliphatic carbocycles. The third kappa shape index (κ3) is 3.98. The fourth-order valence-electron chi connectivity index (χ4n) is 0.355. The van der Waals surface area contributed by atoms with Crippen LogP contribution in [0.1, 0.15) is 27.7 Å². The number of azo groups is 1. The number of hydrogen-bond donors (Lipinski definition) is 3. The predicted molar refractivity (Wildman–Crippen MR) is 54.0 cm³/mol. The molecule has 0 aromatic carbocycles. The van der Waals surface area contributed by atoms with Crippen LogP contribution in [0.25, 0.3) is 0 Å². The van der Waals surface area contributed by atoms with E-state index in [2.05, 4.69) is 10.2 Å². The monoisotopic (exact) mass is 185 g/mol. The van der Waals surface area contributed by atoms with E-state index < -0.39 is 5.54 Å². The van der Waals surface area contributed by atoms with Gasteiger partial charge in [0.1, 0.15) is 11.4 Å². The molecule has 5 heteroatoms. The number of hydrogen-bond acceptors (Lipinski definition) is 4. The highest BCUT2D eigenvalue weighted by atomic mass is 15.2. The predicted octanol–water partition coefficient (Wildman–Crippen LogP) is 0.890. The standard InChI is InChI=1S/C8H19N5/c1-7(2,5-9)12-13-8(3,4)6(10)11/h5,9H2,1-4H3,(H3,10,11). The van der Waals surface area contributed by atoms with Gasteiger partial charge in [0.2, 0.25) is 0 Å². The third-order valence-corrected chi connectivity index (χ3v) is 1.73. The van der Waals surface area contributed by atoms with Crippen LogP contribution in [-0.2, 0) is 0 Å². The van der Waals surface area contributed by atoms with Crippen molar-refractivity contribution in [3.63, 3.8) is 0 Å². The summed E-state index contributed by atoms with van der Waals surface area (Å²) >= 11 is 0. The van der Waals surface area contributed by atoms with E-state index in [0.717, 1.165) is 0 Å². The van der Waals surface area contributed by atoms with Crippen LogP contribution in [0.2, 0.25) is 0 Å². The molecule has 0 rings (SSSR count). The van der Waals surface area contributed by atoms with Gasteiger partial charge in [0.15, 0.2) is 0 Å². The molecule has 0 saturated carbocycles. The highest BCUT2D eigenvalue weighted by molar-refractivity contribution is 5.86. The summed E-state index contributed by atoms with van der Waals surface area (Å²) in [5.41, 5.74) is 9.70. The summed E-state index contributed by atoms with van der Waals surface area (Å²) < 4.78 is 0. The maximum Gasteiger partial charge on any atom is 0.132 e. The van der Waals surface area contributed by atoms with Crippen molar-refractivity contribution in [3.05, 3.63) is 0 Å². The Morgan fingerprint density at radius 2 is 1.69 bits per heavy atom. The first-order chi connectivity index (χ1) is 5.71. The molecular weight excluding hydrogens is 166 g/mol. The lowest BCUT2D eigenvalue weighted by molar-refractivity contribution is 0.472. The fourth-order valence-corrected chi connectivity index (χ4v) is 0.355. The lowest BCUT2D eigenvalue weighted by Crippen LogP contribution is -2.36. The first-order valence-corrected chi connectivity index (χ1v) is 4.20. The van der Waals surface area contributed by atoms with E-state index in [-0.39, 0.29) is 11.4 Å². The first-order valence-electron chi connectivity index (χ1n) is 4.20. The van der Waals surface area contributed by atoms with Crippen LogP contribution < -0.4 is 11.5 Å². The van der Waals surface area contributed by atoms with Gasteiger partial charge in [-0.2, -0.15) is 10.2 Å². The van der Waals surface area contributed by atoms with Crippen molar-refractivity contribution in [3.8, 4) is 0 Å². The molecule has 0 aliphatic heterocycles. The van der Waals surface area contributed by atoms with Gasteiger partial charge >= 0.3 is 0 Å². The average molecular weight is 185 g/mol. The summed E-state index contributed by atoms with van der Waals surface area (Å²) in [6, 6.07) is 0. The van der Waals surface area contributed by atoms with Crippen LogP contribution in [0.3, 0.4) is 0 Å². The Bertz CT molecular complexity index is 217. The Balaban J connectivity index is 4.52. The van der Waals surface area contributed by atoms with Crippen LogP contribution in [0.5, 0.6) is 0 Å². The molecule has 76 valence electrons. The summed E-state index contributed by atoms with van der Waals surface area (Å²) in [5, 5.41) is 15.3. The molecule has 0 radical (unpaired) electrons. The third-order valence-electron chi connectivity index (χ3n) is 1.73. The Kier molecular flexibility index (Phi) is 3.54. The number of nitrogens with one attached hydrogen (secondary N) is 1. The van der Waals surface area contributed by atoms with Gasteiger partial charge in [-0.1, -0.05) is 0 Å². The average Bonchev–Trinajstić information content (AvgIpc) is 2.01. The second-order valence-electron chi connectivity index (χ2n) is 4.19. The summed E-state index contributed by atoms with van der Waals surface area (Å²) in [6.07, 6.45) is 0. The maximum atomic E-state index is 7.25. The van der Waals surface area contributed by atoms with E-state index in [1.54, 1.807) is 13.8 Å². The van der Waals surface area contributed by atoms with Crippen LogP contribution in [0, 0.1) is 5.41 Å². The van der Waals surface area contributed by atoms with Crippen molar-refractivity contribution in [2.24, 2.45) is 21.7 Å². The normalized spacial score (nSPS) is 13.6. The van der Waals surface area contributed by atoms with E-state index in [1.165, 1.54) is 0 Å². The van der Waals surface area contributed by atoms with Gasteiger partial charge < -0.3 is 11.5 Å². The summed E-state index contributed by atoms with van der Waals surface area (Å²) in [4.78, 5) is 0. The molecule has 5 N–H and O–H groups in total. The summed E-state index contributed by atoms with van der Waals surface area (Å²) in [7, 11) is 0. The van der Waals surface area contributed by atoms with Gasteiger partial charge in [-0.25, -0.2) is 0 Å². The fraction of sp³-hybridized carbons (Fsp3) is 0.875. The molecule has 0 bridgehead atoms. The van der Waals surface area contributed by atoms with E-state index >= 15 is 0 Å². The van der Waals surface area contributed by atoms with Gasteiger partial charge in [0, 0.05) is 6.54 Å². The topological polar surface area (TPSA) is 101 Å². The highest BCUT2D eigenvalue weighted by Gasteiger charge is 2.22. The van der Waals surface area contributed by atoms with Crippen LogP contribution >= 0.6 is 0 Å². The zero-order valence-electron chi connectivity index (χ0n) is 8.76. The van der Waals surface area contributed by atoms with Crippen molar-refractivity contribution >= 4 is 5.84 Å². The summed E-state index contributed by atoms with van der Waals surface area (Å²) in [5.74, 6) is 0.00377. The first kappa shape index (κ1) is 12.0. The zero-order chi connectivity index (χ0) is 10.7. The van der Waals surface area contributed by atoms with Crippen molar-refractivity contribution in [1.29, 1.82) is 5.41 Å². The molecule has 0 unspecified atom stereocenters. The van der Waals surface area contributed by atoms with Gasteiger partial charge in [-0.05, 0) is 27.7 Å². The van der Waals surface area contributed by atoms with E-state index in [1.807, 2.05) is 13.8 Å². The van der Waals surface area contributed by atoms with E-state index in [4.69, 9.17) is 16.9 Å². The number of nitrogens with two attached hydrogens (primary N) is 2. The molecule has 0 aromatic heterocycles. The number of nitrogens with zero attached hydrogens (tertiary/aromatic N) is 2. The minimum absolute atomic E-state index is 0.00377. The van der Waals surface area contributed by atoms with Crippen LogP contribution in [-0.4, -0.2) is 23.5 Å². The molecule has 0 atom stereocenters. The Hall–Kier alpha value is -0.970. The van der Waals surface area contributed by atoms with Gasteiger partial charge in [0.05, 0.1) is 5.54 Å². The minimum atomic E-state index is -0.730. The largest absolute Gasteiger partial charge is 0.386 e. The smallest absolute Gasteiger partial charge is 0.132 e. The van der Waals surface area contributed by atoms with Crippen LogP contribution in [0.4, 0.5) is 0 Å². The molecule has 0 saturated heterocycles. The molecule has 5 nitrogen and oxygen atoms in total. The molecular formula is C8H19N5. The molecule has 0 amide bonds. The van der Waals surface area contributed by atoms with E-state index in [9.17, 15) is 0 Å². The van der Waals surface area contributed by atoms with Crippen molar-refractivity contribution < 1.29 is 0 Å². The lowest BCUT2D eigenvalue weighted by atomic mass is 10.1. The number of amidine groups is 1. The second kappa shape index (κ2) is 3.83. The van der Waals surface area contributed by atoms with Crippen molar-refractivity contribution in [2.75, 3.05) is 6.54 Å². The molecule has 0 spiro atoms. The molecule has 0 heterocycles. The molecule has 13 heavy (non-hydrogen) atoms. The van der Waals surface area contributed by atoms with Gasteiger partial charge in [-0.3, -0.25) is 5.41 Å². The van der Waals surface area contributed by atoms with Gasteiger partial charge in [0.25, 0.3) is 0 Å². The second-order valence-corrected chi connectivity index (χ2v) is 4.19. The minimum Gasteiger partial charge on any atom is -0.386 e. The van der Waals surface area contributed by atoms with Gasteiger partial charge in [-0.15, -0.1) is 0 Å². The van der Waals surface area contributed by atoms with E-state index in [0.29, 0.717) is 6.54 Å². The van der Waals surface area contributed by atoms with Crippen LogP contribution in [0.15, 0.2) is 10.2 Å². The Morgan fingerprint density at radius 1 is 1.23 bits per heavy atom. The quantitative estimate of drug-likeness (QED) is 0.344. The lowest BCUT2D eigenvalue weighted by Gasteiger charge is -2.20. The maximum absolute atomic E-state index is 7.25.